The van der Waals surface area contributed by atoms with Gasteiger partial charge in [-0.25, -0.2) is 0 Å². The van der Waals surface area contributed by atoms with Gasteiger partial charge in [0, 0.05) is 19.3 Å². The molecule has 0 rings (SSSR count). The van der Waals surface area contributed by atoms with Gasteiger partial charge in [-0.15, -0.1) is 0 Å². The Labute approximate surface area is 402 Å². The summed E-state index contributed by atoms with van der Waals surface area (Å²) >= 11 is 0. The molecule has 0 aliphatic rings. The highest BCUT2D eigenvalue weighted by molar-refractivity contribution is 5.71. The molecule has 0 saturated heterocycles. The Bertz CT molecular complexity index is 1180. The molecule has 0 aliphatic carbocycles. The number of ether oxygens (including phenoxy) is 3. The minimum absolute atomic E-state index is 0.0842. The van der Waals surface area contributed by atoms with E-state index < -0.39 is 6.10 Å². The van der Waals surface area contributed by atoms with Crippen LogP contribution >= 0.6 is 0 Å². The zero-order chi connectivity index (χ0) is 47.2. The molecule has 0 radical (unpaired) electrons. The molecule has 6 nitrogen and oxygen atoms in total. The van der Waals surface area contributed by atoms with Gasteiger partial charge in [0.15, 0.2) is 6.10 Å². The fraction of sp³-hybridized carbons (Fsp3) is 0.780. The minimum atomic E-state index is -0.786. The van der Waals surface area contributed by atoms with E-state index >= 15 is 0 Å². The zero-order valence-electron chi connectivity index (χ0n) is 43.0. The van der Waals surface area contributed by atoms with Crippen LogP contribution in [0.1, 0.15) is 278 Å². The highest BCUT2D eigenvalue weighted by Gasteiger charge is 2.19. The molecule has 0 aromatic carbocycles. The maximum atomic E-state index is 12.8. The maximum Gasteiger partial charge on any atom is 0.306 e. The largest absolute Gasteiger partial charge is 0.462 e. The van der Waals surface area contributed by atoms with Crippen molar-refractivity contribution in [1.82, 2.24) is 0 Å². The Hall–Kier alpha value is -2.89. The van der Waals surface area contributed by atoms with Crippen LogP contribution in [-0.2, 0) is 28.6 Å². The predicted octanol–water partition coefficient (Wildman–Crippen LogP) is 18.4. The summed E-state index contributed by atoms with van der Waals surface area (Å²) in [4.78, 5) is 38.1. The highest BCUT2D eigenvalue weighted by atomic mass is 16.6. The van der Waals surface area contributed by atoms with Gasteiger partial charge in [0.25, 0.3) is 0 Å². The van der Waals surface area contributed by atoms with Crippen molar-refractivity contribution in [3.05, 3.63) is 60.8 Å². The lowest BCUT2D eigenvalue weighted by atomic mass is 10.1. The van der Waals surface area contributed by atoms with E-state index in [0.29, 0.717) is 19.3 Å². The summed E-state index contributed by atoms with van der Waals surface area (Å²) in [5.41, 5.74) is 0. The summed E-state index contributed by atoms with van der Waals surface area (Å²) < 4.78 is 16.8. The van der Waals surface area contributed by atoms with E-state index in [0.717, 1.165) is 83.5 Å². The molecular weight excluding hydrogens is 805 g/mol. The number of unbranched alkanes of at least 4 members (excludes halogenated alkanes) is 31. The molecule has 0 spiro atoms. The predicted molar refractivity (Wildman–Crippen MR) is 279 cm³/mol. The Kier molecular flexibility index (Phi) is 51.3. The van der Waals surface area contributed by atoms with Crippen LogP contribution < -0.4 is 0 Å². The molecule has 1 atom stereocenters. The number of carbonyl (C=O) groups excluding carboxylic acids is 3. The topological polar surface area (TPSA) is 78.9 Å². The van der Waals surface area contributed by atoms with Gasteiger partial charge in [0.05, 0.1) is 0 Å². The van der Waals surface area contributed by atoms with Crippen LogP contribution in [0.5, 0.6) is 0 Å². The molecule has 0 heterocycles. The fourth-order valence-corrected chi connectivity index (χ4v) is 7.84. The number of esters is 3. The van der Waals surface area contributed by atoms with E-state index in [2.05, 4.69) is 81.5 Å². The first kappa shape index (κ1) is 62.1. The molecule has 0 aromatic rings. The van der Waals surface area contributed by atoms with Crippen LogP contribution in [0.3, 0.4) is 0 Å². The van der Waals surface area contributed by atoms with Crippen molar-refractivity contribution in [3.8, 4) is 0 Å². The summed E-state index contributed by atoms with van der Waals surface area (Å²) in [7, 11) is 0. The monoisotopic (exact) mass is 909 g/mol. The standard InChI is InChI=1S/C59H104O6/c1-4-7-10-13-16-19-22-25-27-28-29-30-32-34-37-40-43-46-49-52-58(61)64-55-56(54-63-57(60)51-48-45-42-39-36-33-24-21-18-15-12-9-6-3)65-59(62)53-50-47-44-41-38-35-31-26-23-20-17-14-11-8-5-2/h9,12,15,18,20-21,23-24,28-29,56H,4-8,10-11,13-14,16-17,19,22,25-27,30-55H2,1-3H3/b12-9+,18-15+,23-20+,24-21+,29-28+. The first-order valence-corrected chi connectivity index (χ1v) is 27.8. The second kappa shape index (κ2) is 53.7. The molecule has 0 aromatic heterocycles. The zero-order valence-corrected chi connectivity index (χ0v) is 43.0. The average molecular weight is 909 g/mol. The number of hydrogen-bond donors (Lipinski definition) is 0. The van der Waals surface area contributed by atoms with Crippen molar-refractivity contribution in [1.29, 1.82) is 0 Å². The average Bonchev–Trinajstić information content (AvgIpc) is 3.30. The molecule has 0 amide bonds. The molecule has 0 aliphatic heterocycles. The smallest absolute Gasteiger partial charge is 0.306 e. The Balaban J connectivity index is 4.37. The van der Waals surface area contributed by atoms with Gasteiger partial charge in [-0.05, 0) is 89.9 Å². The first-order valence-electron chi connectivity index (χ1n) is 27.8. The van der Waals surface area contributed by atoms with Crippen molar-refractivity contribution >= 4 is 17.9 Å². The molecule has 1 unspecified atom stereocenters. The van der Waals surface area contributed by atoms with E-state index in [4.69, 9.17) is 14.2 Å². The fourth-order valence-electron chi connectivity index (χ4n) is 7.84. The van der Waals surface area contributed by atoms with E-state index in [1.807, 2.05) is 0 Å². The third-order valence-corrected chi connectivity index (χ3v) is 12.0. The molecule has 0 N–H and O–H groups in total. The number of allylic oxidation sites excluding steroid dienone is 10. The minimum Gasteiger partial charge on any atom is -0.462 e. The lowest BCUT2D eigenvalue weighted by Gasteiger charge is -2.18. The summed E-state index contributed by atoms with van der Waals surface area (Å²) in [6.07, 6.45) is 66.4. The van der Waals surface area contributed by atoms with Crippen molar-refractivity contribution in [3.63, 3.8) is 0 Å². The van der Waals surface area contributed by atoms with Gasteiger partial charge in [-0.2, -0.15) is 0 Å². The third-order valence-electron chi connectivity index (χ3n) is 12.0. The number of carbonyl (C=O) groups is 3. The van der Waals surface area contributed by atoms with Crippen molar-refractivity contribution in [2.24, 2.45) is 0 Å². The summed E-state index contributed by atoms with van der Waals surface area (Å²) in [5, 5.41) is 0. The molecule has 0 fully saturated rings. The lowest BCUT2D eigenvalue weighted by molar-refractivity contribution is -0.167. The summed E-state index contributed by atoms with van der Waals surface area (Å²) in [5.74, 6) is -0.906. The molecular formula is C59H104O6. The van der Waals surface area contributed by atoms with Gasteiger partial charge >= 0.3 is 17.9 Å². The van der Waals surface area contributed by atoms with E-state index in [9.17, 15) is 14.4 Å². The molecule has 0 saturated carbocycles. The van der Waals surface area contributed by atoms with Crippen molar-refractivity contribution < 1.29 is 28.6 Å². The maximum absolute atomic E-state index is 12.8. The Morgan fingerprint density at radius 2 is 0.615 bits per heavy atom. The normalized spacial score (nSPS) is 12.5. The second-order valence-electron chi connectivity index (χ2n) is 18.5. The Morgan fingerprint density at radius 3 is 0.985 bits per heavy atom. The number of hydrogen-bond acceptors (Lipinski definition) is 6. The van der Waals surface area contributed by atoms with Gasteiger partial charge in [-0.3, -0.25) is 14.4 Å². The lowest BCUT2D eigenvalue weighted by Crippen LogP contribution is -2.30. The van der Waals surface area contributed by atoms with Gasteiger partial charge in [0.2, 0.25) is 0 Å². The van der Waals surface area contributed by atoms with Crippen LogP contribution in [0.15, 0.2) is 60.8 Å². The quantitative estimate of drug-likeness (QED) is 0.0199. The van der Waals surface area contributed by atoms with E-state index in [1.165, 1.54) is 154 Å². The summed E-state index contributed by atoms with van der Waals surface area (Å²) in [6.45, 7) is 6.49. The van der Waals surface area contributed by atoms with Crippen LogP contribution in [0.25, 0.3) is 0 Å². The molecule has 65 heavy (non-hydrogen) atoms. The van der Waals surface area contributed by atoms with Gasteiger partial charge in [-0.1, -0.05) is 229 Å². The van der Waals surface area contributed by atoms with Crippen LogP contribution in [0, 0.1) is 0 Å². The van der Waals surface area contributed by atoms with Crippen LogP contribution in [0.4, 0.5) is 0 Å². The van der Waals surface area contributed by atoms with Crippen molar-refractivity contribution in [2.45, 2.75) is 284 Å². The molecule has 6 heteroatoms. The second-order valence-corrected chi connectivity index (χ2v) is 18.5. The molecule has 376 valence electrons. The van der Waals surface area contributed by atoms with Crippen molar-refractivity contribution in [2.75, 3.05) is 13.2 Å². The van der Waals surface area contributed by atoms with E-state index in [-0.39, 0.29) is 31.1 Å². The van der Waals surface area contributed by atoms with Crippen LogP contribution in [-0.4, -0.2) is 37.2 Å². The van der Waals surface area contributed by atoms with E-state index in [1.54, 1.807) is 0 Å². The Morgan fingerprint density at radius 1 is 0.323 bits per heavy atom. The van der Waals surface area contributed by atoms with Gasteiger partial charge in [0.1, 0.15) is 13.2 Å². The highest BCUT2D eigenvalue weighted by Crippen LogP contribution is 2.15. The first-order chi connectivity index (χ1) is 32.0. The SMILES string of the molecule is CC/C=C/C=C/C=C/CCCCCCCC(=O)OCC(COC(=O)CCCCCCCCC/C=C/CCCCCCCCCC)OC(=O)CCCCCCCCC/C=C/CCCCCC. The van der Waals surface area contributed by atoms with Gasteiger partial charge < -0.3 is 14.2 Å². The van der Waals surface area contributed by atoms with Crippen LogP contribution in [0.2, 0.25) is 0 Å². The number of rotatable bonds is 50. The molecule has 0 bridgehead atoms. The third kappa shape index (κ3) is 51.9. The summed E-state index contributed by atoms with van der Waals surface area (Å²) in [6, 6.07) is 0.